The van der Waals surface area contributed by atoms with Crippen LogP contribution < -0.4 is 73.4 Å². The Balaban J connectivity index is 0.00000144. The Hall–Kier alpha value is 1.48. The molecule has 0 bridgehead atoms. The maximum absolute atomic E-state index is 10.6. The van der Waals surface area contributed by atoms with E-state index in [4.69, 9.17) is 11.6 Å². The van der Waals surface area contributed by atoms with Gasteiger partial charge in [0.15, 0.2) is 5.75 Å². The van der Waals surface area contributed by atoms with Crippen LogP contribution in [-0.2, 0) is 4.57 Å². The molecule has 5 nitrogen and oxygen atoms in total. The number of aromatic nitrogens is 1. The van der Waals surface area contributed by atoms with Gasteiger partial charge in [-0.1, -0.05) is 17.7 Å². The van der Waals surface area contributed by atoms with Gasteiger partial charge in [0.25, 0.3) is 0 Å². The van der Waals surface area contributed by atoms with Crippen molar-refractivity contribution in [2.24, 2.45) is 0 Å². The van der Waals surface area contributed by atoms with Crippen LogP contribution in [0.2, 0.25) is 5.02 Å². The van der Waals surface area contributed by atoms with E-state index in [0.29, 0.717) is 15.9 Å². The van der Waals surface area contributed by atoms with E-state index in [9.17, 15) is 14.4 Å². The molecule has 0 atom stereocenters. The number of hydrogen-bond acceptors (Lipinski definition) is 4. The van der Waals surface area contributed by atoms with Crippen LogP contribution in [0.25, 0.3) is 10.9 Å². The fourth-order valence-electron chi connectivity index (χ4n) is 1.34. The van der Waals surface area contributed by atoms with Gasteiger partial charge in [0.2, 0.25) is 0 Å². The van der Waals surface area contributed by atoms with E-state index < -0.39 is 7.82 Å². The SMILES string of the molecule is O=P([O-])([O-])Oc1c(Br)[nH]c2cccc(Cl)c12.[Na+].[Na+]. The summed E-state index contributed by atoms with van der Waals surface area (Å²) in [5.41, 5.74) is 0.572. The molecular formula is C8H4BrClNNa2O4P. The Kier molecular flexibility index (Phi) is 8.09. The smallest absolute Gasteiger partial charge is 0.780 e. The zero-order valence-electron chi connectivity index (χ0n) is 9.57. The third-order valence-electron chi connectivity index (χ3n) is 1.89. The zero-order valence-corrected chi connectivity index (χ0v) is 16.8. The number of halogens is 2. The Morgan fingerprint density at radius 2 is 1.94 bits per heavy atom. The summed E-state index contributed by atoms with van der Waals surface area (Å²) in [5.74, 6) is -0.117. The second-order valence-corrected chi connectivity index (χ2v) is 5.25. The molecule has 18 heavy (non-hydrogen) atoms. The van der Waals surface area contributed by atoms with E-state index in [1.165, 1.54) is 0 Å². The van der Waals surface area contributed by atoms with E-state index in [1.807, 2.05) is 0 Å². The molecule has 0 saturated carbocycles. The largest absolute Gasteiger partial charge is 1.00 e. The van der Waals surface area contributed by atoms with Crippen molar-refractivity contribution in [3.8, 4) is 5.75 Å². The van der Waals surface area contributed by atoms with E-state index in [1.54, 1.807) is 18.2 Å². The van der Waals surface area contributed by atoms with Crippen LogP contribution in [0, 0.1) is 0 Å². The number of rotatable bonds is 2. The van der Waals surface area contributed by atoms with Crippen molar-refractivity contribution in [1.29, 1.82) is 0 Å². The van der Waals surface area contributed by atoms with Gasteiger partial charge in [-0.05, 0) is 28.1 Å². The van der Waals surface area contributed by atoms with Gasteiger partial charge in [-0.15, -0.1) is 0 Å². The summed E-state index contributed by atoms with van der Waals surface area (Å²) in [5, 5.41) is 0.644. The fraction of sp³-hybridized carbons (Fsp3) is 0. The topological polar surface area (TPSA) is 88.2 Å². The minimum Gasteiger partial charge on any atom is -0.780 e. The first-order valence-corrected chi connectivity index (χ1v) is 6.69. The number of fused-ring (bicyclic) bond motifs is 1. The molecule has 10 heteroatoms. The second kappa shape index (κ2) is 7.48. The number of phosphoric acid groups is 1. The molecule has 1 N–H and O–H groups in total. The van der Waals surface area contributed by atoms with Crippen LogP contribution in [0.4, 0.5) is 0 Å². The van der Waals surface area contributed by atoms with Gasteiger partial charge in [0.05, 0.1) is 15.9 Å². The molecule has 0 aliphatic heterocycles. The molecule has 1 aromatic heterocycles. The molecule has 0 unspecified atom stereocenters. The number of nitrogens with one attached hydrogen (secondary N) is 1. The number of hydrogen-bond donors (Lipinski definition) is 1. The van der Waals surface area contributed by atoms with Crippen molar-refractivity contribution in [2.45, 2.75) is 0 Å². The average molecular weight is 370 g/mol. The first-order valence-electron chi connectivity index (χ1n) is 4.06. The summed E-state index contributed by atoms with van der Waals surface area (Å²) >= 11 is 8.95. The summed E-state index contributed by atoms with van der Waals surface area (Å²) in [6, 6.07) is 4.93. The zero-order chi connectivity index (χ0) is 11.9. The van der Waals surface area contributed by atoms with Gasteiger partial charge in [-0.2, -0.15) is 0 Å². The van der Waals surface area contributed by atoms with E-state index >= 15 is 0 Å². The number of H-pyrrole nitrogens is 1. The molecule has 0 fully saturated rings. The monoisotopic (exact) mass is 369 g/mol. The fourth-order valence-corrected chi connectivity index (χ4v) is 2.63. The Labute approximate surface area is 161 Å². The Bertz CT molecular complexity index is 602. The molecule has 0 spiro atoms. The molecule has 0 amide bonds. The summed E-state index contributed by atoms with van der Waals surface area (Å²) < 4.78 is 15.2. The van der Waals surface area contributed by atoms with Gasteiger partial charge in [0, 0.05) is 0 Å². The van der Waals surface area contributed by atoms with Gasteiger partial charge < -0.3 is 23.9 Å². The molecule has 0 aliphatic carbocycles. The standard InChI is InChI=1S/C8H6BrClNO4P.2Na/c9-8-7(15-16(12,13)14)6-4(10)2-1-3-5(6)11-8;;/h1-3,11H,(H2,12,13,14);;/q;2*+1/p-2. The van der Waals surface area contributed by atoms with Crippen LogP contribution >= 0.6 is 35.4 Å². The molecule has 86 valence electrons. The Morgan fingerprint density at radius 3 is 2.50 bits per heavy atom. The maximum Gasteiger partial charge on any atom is 1.00 e. The van der Waals surface area contributed by atoms with Gasteiger partial charge in [-0.3, -0.25) is 0 Å². The quantitative estimate of drug-likeness (QED) is 0.429. The van der Waals surface area contributed by atoms with Crippen molar-refractivity contribution in [3.05, 3.63) is 27.8 Å². The van der Waals surface area contributed by atoms with Crippen LogP contribution in [0.1, 0.15) is 0 Å². The molecule has 0 aliphatic rings. The summed E-state index contributed by atoms with van der Waals surface area (Å²) in [4.78, 5) is 24.0. The van der Waals surface area contributed by atoms with Crippen LogP contribution in [0.15, 0.2) is 22.8 Å². The van der Waals surface area contributed by atoms with Crippen LogP contribution in [0.5, 0.6) is 5.75 Å². The van der Waals surface area contributed by atoms with Crippen molar-refractivity contribution in [1.82, 2.24) is 4.98 Å². The number of phosphoric ester groups is 1. The molecule has 1 aromatic carbocycles. The summed E-state index contributed by atoms with van der Waals surface area (Å²) in [6.07, 6.45) is 0. The van der Waals surface area contributed by atoms with Crippen LogP contribution in [-0.4, -0.2) is 4.98 Å². The molecule has 0 radical (unpaired) electrons. The van der Waals surface area contributed by atoms with Crippen molar-refractivity contribution in [2.75, 3.05) is 0 Å². The van der Waals surface area contributed by atoms with Gasteiger partial charge in [0.1, 0.15) is 12.4 Å². The average Bonchev–Trinajstić information content (AvgIpc) is 2.42. The molecule has 0 saturated heterocycles. The van der Waals surface area contributed by atoms with Crippen molar-refractivity contribution < 1.29 is 78.0 Å². The van der Waals surface area contributed by atoms with Gasteiger partial charge >= 0.3 is 59.1 Å². The molecular weight excluding hydrogens is 366 g/mol. The predicted octanol–water partition coefficient (Wildman–Crippen LogP) is -4.20. The maximum atomic E-state index is 10.6. The predicted molar refractivity (Wildman–Crippen MR) is 59.2 cm³/mol. The number of aromatic amines is 1. The van der Waals surface area contributed by atoms with E-state index in [2.05, 4.69) is 25.4 Å². The summed E-state index contributed by atoms with van der Waals surface area (Å²) in [7, 11) is -5.11. The van der Waals surface area contributed by atoms with Gasteiger partial charge in [-0.25, -0.2) is 0 Å². The first-order chi connectivity index (χ1) is 7.38. The molecule has 2 rings (SSSR count). The third-order valence-corrected chi connectivity index (χ3v) is 3.17. The molecule has 1 heterocycles. The molecule has 2 aromatic rings. The minimum atomic E-state index is -5.11. The van der Waals surface area contributed by atoms with E-state index in [0.717, 1.165) is 0 Å². The van der Waals surface area contributed by atoms with Crippen molar-refractivity contribution in [3.63, 3.8) is 0 Å². The summed E-state index contributed by atoms with van der Waals surface area (Å²) in [6.45, 7) is 0. The second-order valence-electron chi connectivity index (χ2n) is 2.97. The van der Waals surface area contributed by atoms with Crippen molar-refractivity contribution >= 4 is 46.3 Å². The number of benzene rings is 1. The van der Waals surface area contributed by atoms with E-state index in [-0.39, 0.29) is 69.5 Å². The van der Waals surface area contributed by atoms with Crippen LogP contribution in [0.3, 0.4) is 0 Å². The normalized spacial score (nSPS) is 10.7. The Morgan fingerprint density at radius 1 is 1.33 bits per heavy atom. The minimum absolute atomic E-state index is 0. The first kappa shape index (κ1) is 19.5. The third kappa shape index (κ3) is 4.50.